The van der Waals surface area contributed by atoms with Gasteiger partial charge in [-0.25, -0.2) is 0 Å². The molecule has 0 aliphatic rings. The highest BCUT2D eigenvalue weighted by molar-refractivity contribution is 5.79. The van der Waals surface area contributed by atoms with Crippen molar-refractivity contribution in [2.45, 2.75) is 41.0 Å². The number of Topliss-reactive ketones (excluding diaryl/α,β-unsaturated/α-hetero) is 1. The summed E-state index contributed by atoms with van der Waals surface area (Å²) in [6, 6.07) is 0. The van der Waals surface area contributed by atoms with Crippen molar-refractivity contribution in [3.8, 4) is 0 Å². The fourth-order valence-electron chi connectivity index (χ4n) is 0.408. The Hall–Kier alpha value is -0.330. The van der Waals surface area contributed by atoms with Gasteiger partial charge in [0.05, 0.1) is 0 Å². The fourth-order valence-corrected chi connectivity index (χ4v) is 0.408. The monoisotopic (exact) mass is 130 g/mol. The first-order chi connectivity index (χ1) is 4.18. The second kappa shape index (κ2) is 7.67. The topological polar surface area (TPSA) is 17.1 Å². The van der Waals surface area contributed by atoms with Gasteiger partial charge in [0.25, 0.3) is 0 Å². The maximum absolute atomic E-state index is 10.5. The quantitative estimate of drug-likeness (QED) is 0.561. The molecule has 0 atom stereocenters. The minimum Gasteiger partial charge on any atom is -0.299 e. The lowest BCUT2D eigenvalue weighted by molar-refractivity contribution is -0.121. The minimum atomic E-state index is 0.227. The molecule has 0 aliphatic heterocycles. The molecule has 0 rings (SSSR count). The van der Waals surface area contributed by atoms with Crippen LogP contribution in [0.4, 0.5) is 0 Å². The normalized spacial score (nSPS) is 8.22. The third-order valence-electron chi connectivity index (χ3n) is 0.992. The van der Waals surface area contributed by atoms with Crippen LogP contribution in [0.2, 0.25) is 0 Å². The largest absolute Gasteiger partial charge is 0.299 e. The van der Waals surface area contributed by atoms with Gasteiger partial charge in [-0.3, -0.25) is 4.79 Å². The number of ketones is 1. The molecule has 9 heavy (non-hydrogen) atoms. The van der Waals surface area contributed by atoms with E-state index in [0.717, 1.165) is 0 Å². The lowest BCUT2D eigenvalue weighted by Gasteiger charge is -1.96. The van der Waals surface area contributed by atoms with Crippen molar-refractivity contribution in [3.05, 3.63) is 0 Å². The summed E-state index contributed by atoms with van der Waals surface area (Å²) in [4.78, 5) is 10.5. The Balaban J connectivity index is 0. The van der Waals surface area contributed by atoms with Crippen LogP contribution in [0.1, 0.15) is 41.0 Å². The zero-order valence-electron chi connectivity index (χ0n) is 7.19. The van der Waals surface area contributed by atoms with E-state index in [1.54, 1.807) is 0 Å². The van der Waals surface area contributed by atoms with Gasteiger partial charge in [-0.05, 0) is 0 Å². The van der Waals surface area contributed by atoms with E-state index in [9.17, 15) is 4.79 Å². The Morgan fingerprint density at radius 1 is 1.33 bits per heavy atom. The molecule has 0 fully saturated rings. The van der Waals surface area contributed by atoms with E-state index >= 15 is 0 Å². The van der Waals surface area contributed by atoms with Gasteiger partial charge >= 0.3 is 0 Å². The van der Waals surface area contributed by atoms with E-state index in [2.05, 4.69) is 0 Å². The van der Waals surface area contributed by atoms with Crippen LogP contribution < -0.4 is 0 Å². The standard InChI is InChI=1S/C6H12O.C2H6/c1-4-6(7)5(2)3;1-2/h5H,4H2,1-3H3;1-2H3. The molecule has 0 spiro atoms. The van der Waals surface area contributed by atoms with E-state index in [1.807, 2.05) is 34.6 Å². The van der Waals surface area contributed by atoms with Crippen molar-refractivity contribution in [1.29, 1.82) is 0 Å². The van der Waals surface area contributed by atoms with Crippen molar-refractivity contribution >= 4 is 5.78 Å². The highest BCUT2D eigenvalue weighted by Gasteiger charge is 2.00. The van der Waals surface area contributed by atoms with Crippen LogP contribution in [0.25, 0.3) is 0 Å². The molecule has 0 aromatic heterocycles. The van der Waals surface area contributed by atoms with Gasteiger partial charge < -0.3 is 0 Å². The molecule has 0 aromatic carbocycles. The van der Waals surface area contributed by atoms with Gasteiger partial charge in [-0.15, -0.1) is 0 Å². The maximum atomic E-state index is 10.5. The summed E-state index contributed by atoms with van der Waals surface area (Å²) in [5, 5.41) is 0. The molecule has 0 N–H and O–H groups in total. The highest BCUT2D eigenvalue weighted by Crippen LogP contribution is 1.95. The molecule has 0 saturated heterocycles. The molecule has 0 bridgehead atoms. The zero-order valence-corrected chi connectivity index (χ0v) is 7.19. The smallest absolute Gasteiger partial charge is 0.135 e. The lowest BCUT2D eigenvalue weighted by Crippen LogP contribution is -2.03. The Bertz CT molecular complexity index is 65.0. The molecule has 56 valence electrons. The molecular weight excluding hydrogens is 112 g/mol. The lowest BCUT2D eigenvalue weighted by atomic mass is 10.1. The summed E-state index contributed by atoms with van der Waals surface area (Å²) in [5.74, 6) is 0.574. The Kier molecular flexibility index (Phi) is 9.77. The van der Waals surface area contributed by atoms with E-state index in [1.165, 1.54) is 0 Å². The number of carbonyl (C=O) groups excluding carboxylic acids is 1. The molecule has 1 heteroatoms. The van der Waals surface area contributed by atoms with Crippen LogP contribution in [0, 0.1) is 5.92 Å². The maximum Gasteiger partial charge on any atom is 0.135 e. The van der Waals surface area contributed by atoms with E-state index < -0.39 is 0 Å². The first-order valence-electron chi connectivity index (χ1n) is 3.71. The Morgan fingerprint density at radius 2 is 1.67 bits per heavy atom. The van der Waals surface area contributed by atoms with Crippen LogP contribution >= 0.6 is 0 Å². The van der Waals surface area contributed by atoms with Gasteiger partial charge in [0.15, 0.2) is 0 Å². The van der Waals surface area contributed by atoms with Crippen molar-refractivity contribution in [1.82, 2.24) is 0 Å². The summed E-state index contributed by atoms with van der Waals surface area (Å²) < 4.78 is 0. The number of carbonyl (C=O) groups is 1. The van der Waals surface area contributed by atoms with Gasteiger partial charge in [-0.2, -0.15) is 0 Å². The summed E-state index contributed by atoms with van der Waals surface area (Å²) >= 11 is 0. The zero-order chi connectivity index (χ0) is 7.86. The predicted molar refractivity (Wildman–Crippen MR) is 41.5 cm³/mol. The number of hydrogen-bond donors (Lipinski definition) is 0. The molecular formula is C8H18O. The summed E-state index contributed by atoms with van der Waals surface area (Å²) in [7, 11) is 0. The second-order valence-corrected chi connectivity index (χ2v) is 1.97. The first kappa shape index (κ1) is 11.5. The van der Waals surface area contributed by atoms with E-state index in [0.29, 0.717) is 12.2 Å². The first-order valence-corrected chi connectivity index (χ1v) is 3.71. The second-order valence-electron chi connectivity index (χ2n) is 1.97. The van der Waals surface area contributed by atoms with Gasteiger partial charge in [0.1, 0.15) is 5.78 Å². The summed E-state index contributed by atoms with van der Waals surface area (Å²) in [6.45, 7) is 9.74. The minimum absolute atomic E-state index is 0.227. The third kappa shape index (κ3) is 7.67. The van der Waals surface area contributed by atoms with Gasteiger partial charge in [0.2, 0.25) is 0 Å². The molecule has 0 saturated carbocycles. The fraction of sp³-hybridized carbons (Fsp3) is 0.875. The van der Waals surface area contributed by atoms with Crippen LogP contribution in [0.15, 0.2) is 0 Å². The summed E-state index contributed by atoms with van der Waals surface area (Å²) in [5.41, 5.74) is 0. The average Bonchev–Trinajstić information content (AvgIpc) is 1.91. The molecule has 1 nitrogen and oxygen atoms in total. The third-order valence-corrected chi connectivity index (χ3v) is 0.992. The van der Waals surface area contributed by atoms with Crippen molar-refractivity contribution in [2.24, 2.45) is 5.92 Å². The van der Waals surface area contributed by atoms with Gasteiger partial charge in [0, 0.05) is 12.3 Å². The molecule has 0 unspecified atom stereocenters. The summed E-state index contributed by atoms with van der Waals surface area (Å²) in [6.07, 6.45) is 0.678. The SMILES string of the molecule is CC.CCC(=O)C(C)C. The molecule has 0 radical (unpaired) electrons. The number of hydrogen-bond acceptors (Lipinski definition) is 1. The molecule has 0 aromatic rings. The highest BCUT2D eigenvalue weighted by atomic mass is 16.1. The van der Waals surface area contributed by atoms with E-state index in [4.69, 9.17) is 0 Å². The molecule has 0 aliphatic carbocycles. The van der Waals surface area contributed by atoms with Crippen LogP contribution in [0.3, 0.4) is 0 Å². The molecule has 0 amide bonds. The van der Waals surface area contributed by atoms with Crippen LogP contribution in [-0.2, 0) is 4.79 Å². The van der Waals surface area contributed by atoms with Crippen molar-refractivity contribution < 1.29 is 4.79 Å². The Labute approximate surface area is 58.5 Å². The Morgan fingerprint density at radius 3 is 1.67 bits per heavy atom. The molecule has 0 heterocycles. The van der Waals surface area contributed by atoms with E-state index in [-0.39, 0.29) is 5.92 Å². The van der Waals surface area contributed by atoms with Crippen LogP contribution in [-0.4, -0.2) is 5.78 Å². The van der Waals surface area contributed by atoms with Gasteiger partial charge in [-0.1, -0.05) is 34.6 Å². The van der Waals surface area contributed by atoms with Crippen LogP contribution in [0.5, 0.6) is 0 Å². The number of rotatable bonds is 2. The average molecular weight is 130 g/mol. The predicted octanol–water partition coefficient (Wildman–Crippen LogP) is 2.65. The van der Waals surface area contributed by atoms with Crippen molar-refractivity contribution in [2.75, 3.05) is 0 Å². The van der Waals surface area contributed by atoms with Crippen molar-refractivity contribution in [3.63, 3.8) is 0 Å².